The lowest BCUT2D eigenvalue weighted by Crippen LogP contribution is -2.09. The lowest BCUT2D eigenvalue weighted by molar-refractivity contribution is -0.137. The van der Waals surface area contributed by atoms with Gasteiger partial charge >= 0.3 is 5.97 Å². The average Bonchev–Trinajstić information content (AvgIpc) is 2.80. The number of ether oxygens (including phenoxy) is 1. The van der Waals surface area contributed by atoms with Gasteiger partial charge in [-0.15, -0.1) is 11.3 Å². The van der Waals surface area contributed by atoms with Gasteiger partial charge in [0.2, 0.25) is 0 Å². The standard InChI is InChI=1S/C15H18N2O2S2/c1-8-4-5-10-11(6-8)21-15-13(10)14(16-9(2)17-15)20-7-12(18)19-3/h8H,4-7H2,1-3H3/t8-/m0/s1. The first kappa shape index (κ1) is 14.8. The van der Waals surface area contributed by atoms with Crippen LogP contribution < -0.4 is 0 Å². The van der Waals surface area contributed by atoms with Gasteiger partial charge in [0, 0.05) is 10.3 Å². The molecule has 4 nitrogen and oxygen atoms in total. The van der Waals surface area contributed by atoms with Crippen LogP contribution in [0.4, 0.5) is 0 Å². The van der Waals surface area contributed by atoms with Gasteiger partial charge in [-0.1, -0.05) is 18.7 Å². The predicted molar refractivity (Wildman–Crippen MR) is 86.1 cm³/mol. The number of esters is 1. The van der Waals surface area contributed by atoms with Crippen molar-refractivity contribution in [3.8, 4) is 0 Å². The lowest BCUT2D eigenvalue weighted by atomic mass is 9.89. The number of hydrogen-bond acceptors (Lipinski definition) is 6. The van der Waals surface area contributed by atoms with Gasteiger partial charge in [-0.3, -0.25) is 4.79 Å². The molecule has 2 aromatic heterocycles. The summed E-state index contributed by atoms with van der Waals surface area (Å²) in [4.78, 5) is 23.1. The fourth-order valence-electron chi connectivity index (χ4n) is 2.70. The minimum Gasteiger partial charge on any atom is -0.468 e. The van der Waals surface area contributed by atoms with Gasteiger partial charge in [-0.05, 0) is 37.7 Å². The normalized spacial score (nSPS) is 17.8. The highest BCUT2D eigenvalue weighted by Gasteiger charge is 2.23. The summed E-state index contributed by atoms with van der Waals surface area (Å²) in [6.45, 7) is 4.21. The molecule has 3 rings (SSSR count). The quantitative estimate of drug-likeness (QED) is 0.492. The molecule has 0 unspecified atom stereocenters. The van der Waals surface area contributed by atoms with E-state index >= 15 is 0 Å². The van der Waals surface area contributed by atoms with Crippen molar-refractivity contribution in [3.05, 3.63) is 16.3 Å². The molecule has 1 aliphatic carbocycles. The van der Waals surface area contributed by atoms with Gasteiger partial charge in [0.15, 0.2) is 0 Å². The molecular weight excluding hydrogens is 304 g/mol. The number of nitrogens with zero attached hydrogens (tertiary/aromatic N) is 2. The summed E-state index contributed by atoms with van der Waals surface area (Å²) in [7, 11) is 1.41. The second-order valence-electron chi connectivity index (χ2n) is 5.47. The Morgan fingerprint density at radius 2 is 2.29 bits per heavy atom. The van der Waals surface area contributed by atoms with E-state index in [2.05, 4.69) is 16.9 Å². The molecule has 0 radical (unpaired) electrons. The number of thiophene rings is 1. The van der Waals surface area contributed by atoms with Gasteiger partial charge < -0.3 is 4.74 Å². The number of rotatable bonds is 3. The monoisotopic (exact) mass is 322 g/mol. The Kier molecular flexibility index (Phi) is 4.17. The topological polar surface area (TPSA) is 52.1 Å². The second kappa shape index (κ2) is 5.93. The molecule has 112 valence electrons. The first-order valence-electron chi connectivity index (χ1n) is 7.07. The highest BCUT2D eigenvalue weighted by molar-refractivity contribution is 8.00. The minimum atomic E-state index is -0.220. The third-order valence-electron chi connectivity index (χ3n) is 3.79. The molecule has 0 spiro atoms. The van der Waals surface area contributed by atoms with Crippen molar-refractivity contribution < 1.29 is 9.53 Å². The fraction of sp³-hybridized carbons (Fsp3) is 0.533. The summed E-state index contributed by atoms with van der Waals surface area (Å²) < 4.78 is 4.72. The van der Waals surface area contributed by atoms with Crippen molar-refractivity contribution in [2.75, 3.05) is 12.9 Å². The summed E-state index contributed by atoms with van der Waals surface area (Å²) >= 11 is 3.25. The van der Waals surface area contributed by atoms with E-state index in [9.17, 15) is 4.79 Å². The Morgan fingerprint density at radius 3 is 3.05 bits per heavy atom. The van der Waals surface area contributed by atoms with Crippen LogP contribution in [-0.2, 0) is 22.4 Å². The highest BCUT2D eigenvalue weighted by Crippen LogP contribution is 2.40. The van der Waals surface area contributed by atoms with E-state index < -0.39 is 0 Å². The van der Waals surface area contributed by atoms with E-state index in [1.807, 2.05) is 6.92 Å². The van der Waals surface area contributed by atoms with Crippen LogP contribution in [0.15, 0.2) is 5.03 Å². The molecule has 0 saturated carbocycles. The number of thioether (sulfide) groups is 1. The second-order valence-corrected chi connectivity index (χ2v) is 7.52. The summed E-state index contributed by atoms with van der Waals surface area (Å²) in [6.07, 6.45) is 3.44. The number of aryl methyl sites for hydroxylation is 2. The van der Waals surface area contributed by atoms with Gasteiger partial charge in [0.1, 0.15) is 15.7 Å². The first-order valence-corrected chi connectivity index (χ1v) is 8.87. The molecule has 0 N–H and O–H groups in total. The third kappa shape index (κ3) is 2.92. The minimum absolute atomic E-state index is 0.220. The Bertz CT molecular complexity index is 697. The van der Waals surface area contributed by atoms with Gasteiger partial charge in [0.25, 0.3) is 0 Å². The average molecular weight is 322 g/mol. The van der Waals surface area contributed by atoms with Crippen LogP contribution in [-0.4, -0.2) is 28.8 Å². The number of fused-ring (bicyclic) bond motifs is 3. The van der Waals surface area contributed by atoms with Crippen molar-refractivity contribution in [2.24, 2.45) is 5.92 Å². The zero-order chi connectivity index (χ0) is 15.0. The van der Waals surface area contributed by atoms with Crippen LogP contribution in [0.1, 0.15) is 29.6 Å². The molecule has 0 bridgehead atoms. The Labute approximate surface area is 132 Å². The van der Waals surface area contributed by atoms with E-state index in [0.29, 0.717) is 5.75 Å². The largest absolute Gasteiger partial charge is 0.468 e. The zero-order valence-electron chi connectivity index (χ0n) is 12.4. The maximum atomic E-state index is 11.4. The Balaban J connectivity index is 2.04. The molecule has 1 aliphatic rings. The molecule has 0 fully saturated rings. The first-order chi connectivity index (χ1) is 10.1. The molecule has 0 aliphatic heterocycles. The maximum absolute atomic E-state index is 11.4. The summed E-state index contributed by atoms with van der Waals surface area (Å²) in [5.41, 5.74) is 1.40. The van der Waals surface area contributed by atoms with Crippen LogP contribution in [0.5, 0.6) is 0 Å². The van der Waals surface area contributed by atoms with E-state index in [-0.39, 0.29) is 5.97 Å². The van der Waals surface area contributed by atoms with Crippen LogP contribution in [0.3, 0.4) is 0 Å². The number of hydrogen-bond donors (Lipinski definition) is 0. The van der Waals surface area contributed by atoms with Gasteiger partial charge in [-0.25, -0.2) is 9.97 Å². The summed E-state index contributed by atoms with van der Waals surface area (Å²) in [5, 5.41) is 2.09. The summed E-state index contributed by atoms with van der Waals surface area (Å²) in [6, 6.07) is 0. The maximum Gasteiger partial charge on any atom is 0.316 e. The van der Waals surface area contributed by atoms with E-state index in [4.69, 9.17) is 4.74 Å². The summed E-state index contributed by atoms with van der Waals surface area (Å²) in [5.74, 6) is 1.58. The van der Waals surface area contributed by atoms with Crippen molar-refractivity contribution >= 4 is 39.3 Å². The smallest absolute Gasteiger partial charge is 0.316 e. The molecule has 0 aromatic carbocycles. The van der Waals surface area contributed by atoms with E-state index in [0.717, 1.165) is 34.4 Å². The number of aromatic nitrogens is 2. The van der Waals surface area contributed by atoms with E-state index in [1.165, 1.54) is 41.1 Å². The number of methoxy groups -OCH3 is 1. The van der Waals surface area contributed by atoms with Crippen LogP contribution in [0.2, 0.25) is 0 Å². The molecular formula is C15H18N2O2S2. The van der Waals surface area contributed by atoms with Crippen LogP contribution in [0.25, 0.3) is 10.2 Å². The number of carbonyl (C=O) groups excluding carboxylic acids is 1. The predicted octanol–water partition coefficient (Wildman–Crippen LogP) is 3.39. The Morgan fingerprint density at radius 1 is 1.48 bits per heavy atom. The van der Waals surface area contributed by atoms with Crippen molar-refractivity contribution in [1.29, 1.82) is 0 Å². The molecule has 6 heteroatoms. The van der Waals surface area contributed by atoms with Crippen LogP contribution >= 0.6 is 23.1 Å². The van der Waals surface area contributed by atoms with Gasteiger partial charge in [-0.2, -0.15) is 0 Å². The molecule has 2 heterocycles. The van der Waals surface area contributed by atoms with Crippen LogP contribution in [0, 0.1) is 12.8 Å². The highest BCUT2D eigenvalue weighted by atomic mass is 32.2. The van der Waals surface area contributed by atoms with Crippen molar-refractivity contribution in [2.45, 2.75) is 38.1 Å². The number of carbonyl (C=O) groups is 1. The molecule has 1 atom stereocenters. The molecule has 2 aromatic rings. The van der Waals surface area contributed by atoms with Gasteiger partial charge in [0.05, 0.1) is 12.9 Å². The SMILES string of the molecule is COC(=O)CSc1nc(C)nc2sc3c(c12)CC[C@H](C)C3. The Hall–Kier alpha value is -1.14. The molecule has 0 saturated heterocycles. The third-order valence-corrected chi connectivity index (χ3v) is 5.89. The molecule has 21 heavy (non-hydrogen) atoms. The van der Waals surface area contributed by atoms with E-state index in [1.54, 1.807) is 11.3 Å². The lowest BCUT2D eigenvalue weighted by Gasteiger charge is -2.18. The van der Waals surface area contributed by atoms with Crippen molar-refractivity contribution in [3.63, 3.8) is 0 Å². The van der Waals surface area contributed by atoms with Crippen molar-refractivity contribution in [1.82, 2.24) is 9.97 Å². The zero-order valence-corrected chi connectivity index (χ0v) is 14.1. The fourth-order valence-corrected chi connectivity index (χ4v) is 5.13. The molecule has 0 amide bonds.